The predicted molar refractivity (Wildman–Crippen MR) is 150 cm³/mol. The molecule has 0 bridgehead atoms. The zero-order chi connectivity index (χ0) is 25.9. The Morgan fingerprint density at radius 2 is 1.70 bits per heavy atom. The summed E-state index contributed by atoms with van der Waals surface area (Å²) >= 11 is 0. The smallest absolute Gasteiger partial charge is 0.127 e. The predicted octanol–water partition coefficient (Wildman–Crippen LogP) is 7.47. The summed E-state index contributed by atoms with van der Waals surface area (Å²) in [5.74, 6) is 1.84. The van der Waals surface area contributed by atoms with Gasteiger partial charge in [0.15, 0.2) is 0 Å². The molecule has 3 nitrogen and oxygen atoms in total. The number of rotatable bonds is 7. The van der Waals surface area contributed by atoms with Gasteiger partial charge in [0.25, 0.3) is 0 Å². The molecule has 1 atom stereocenters. The Labute approximate surface area is 220 Å². The Kier molecular flexibility index (Phi) is 7.66. The SMILES string of the molecule is Cc1ccc(C2=C(c3ccc(O[C@H]4CCN(CCCF)C4)cc3)c3cc(C)c(C)cc3OCC2)c(C)c1. The van der Waals surface area contributed by atoms with Gasteiger partial charge in [-0.2, -0.15) is 0 Å². The van der Waals surface area contributed by atoms with E-state index in [0.29, 0.717) is 13.0 Å². The molecule has 194 valence electrons. The molecular weight excluding hydrogens is 461 g/mol. The number of likely N-dealkylation sites (tertiary alicyclic amines) is 1. The lowest BCUT2D eigenvalue weighted by Gasteiger charge is -2.19. The minimum atomic E-state index is -0.253. The van der Waals surface area contributed by atoms with E-state index in [1.165, 1.54) is 44.5 Å². The zero-order valence-electron chi connectivity index (χ0n) is 22.6. The maximum Gasteiger partial charge on any atom is 0.127 e. The quantitative estimate of drug-likeness (QED) is 0.336. The first-order chi connectivity index (χ1) is 17.9. The fourth-order valence-electron chi connectivity index (χ4n) is 5.68. The molecule has 0 spiro atoms. The van der Waals surface area contributed by atoms with Crippen molar-refractivity contribution >= 4 is 11.1 Å². The molecule has 0 amide bonds. The van der Waals surface area contributed by atoms with E-state index in [1.54, 1.807) is 0 Å². The number of benzene rings is 3. The molecule has 0 aromatic heterocycles. The average Bonchev–Trinajstić information content (AvgIpc) is 3.25. The van der Waals surface area contributed by atoms with Crippen LogP contribution in [0.15, 0.2) is 54.6 Å². The van der Waals surface area contributed by atoms with Gasteiger partial charge in [-0.1, -0.05) is 35.9 Å². The number of alkyl halides is 1. The summed E-state index contributed by atoms with van der Waals surface area (Å²) in [6.07, 6.45) is 2.59. The molecule has 3 aromatic rings. The van der Waals surface area contributed by atoms with Gasteiger partial charge >= 0.3 is 0 Å². The van der Waals surface area contributed by atoms with Gasteiger partial charge in [0.05, 0.1) is 13.3 Å². The number of halogens is 1. The summed E-state index contributed by atoms with van der Waals surface area (Å²) in [6, 6.07) is 19.8. The fourth-order valence-corrected chi connectivity index (χ4v) is 5.68. The Bertz CT molecular complexity index is 1290. The number of fused-ring (bicyclic) bond motifs is 1. The molecule has 2 aliphatic rings. The van der Waals surface area contributed by atoms with E-state index >= 15 is 0 Å². The van der Waals surface area contributed by atoms with Crippen LogP contribution in [0.25, 0.3) is 11.1 Å². The van der Waals surface area contributed by atoms with Gasteiger partial charge in [0.2, 0.25) is 0 Å². The van der Waals surface area contributed by atoms with Crippen LogP contribution in [-0.4, -0.2) is 43.9 Å². The third-order valence-electron chi connectivity index (χ3n) is 7.77. The Hall–Kier alpha value is -3.11. The molecule has 5 rings (SSSR count). The maximum atomic E-state index is 12.5. The molecule has 37 heavy (non-hydrogen) atoms. The van der Waals surface area contributed by atoms with Crippen LogP contribution >= 0.6 is 0 Å². The van der Waals surface area contributed by atoms with Crippen molar-refractivity contribution < 1.29 is 13.9 Å². The van der Waals surface area contributed by atoms with Gasteiger partial charge < -0.3 is 9.47 Å². The third-order valence-corrected chi connectivity index (χ3v) is 7.77. The van der Waals surface area contributed by atoms with Crippen LogP contribution in [0.5, 0.6) is 11.5 Å². The van der Waals surface area contributed by atoms with Crippen molar-refractivity contribution in [2.45, 2.75) is 53.1 Å². The molecule has 2 heterocycles. The van der Waals surface area contributed by atoms with E-state index in [1.807, 2.05) is 0 Å². The lowest BCUT2D eigenvalue weighted by atomic mass is 9.85. The van der Waals surface area contributed by atoms with Crippen molar-refractivity contribution in [3.8, 4) is 11.5 Å². The number of hydrogen-bond acceptors (Lipinski definition) is 3. The average molecular weight is 500 g/mol. The van der Waals surface area contributed by atoms with Crippen molar-refractivity contribution in [1.29, 1.82) is 0 Å². The number of hydrogen-bond donors (Lipinski definition) is 0. The molecule has 1 fully saturated rings. The lowest BCUT2D eigenvalue weighted by Crippen LogP contribution is -2.26. The Morgan fingerprint density at radius 3 is 2.46 bits per heavy atom. The van der Waals surface area contributed by atoms with Gasteiger partial charge in [0, 0.05) is 31.6 Å². The van der Waals surface area contributed by atoms with Crippen LogP contribution in [0.2, 0.25) is 0 Å². The molecule has 0 aliphatic carbocycles. The van der Waals surface area contributed by atoms with Crippen molar-refractivity contribution in [1.82, 2.24) is 4.90 Å². The molecule has 0 saturated carbocycles. The van der Waals surface area contributed by atoms with Crippen LogP contribution in [0.1, 0.15) is 58.2 Å². The van der Waals surface area contributed by atoms with E-state index < -0.39 is 0 Å². The van der Waals surface area contributed by atoms with Crippen molar-refractivity contribution in [2.24, 2.45) is 0 Å². The Balaban J connectivity index is 1.51. The topological polar surface area (TPSA) is 21.7 Å². The summed E-state index contributed by atoms with van der Waals surface area (Å²) in [5, 5.41) is 0. The second-order valence-electron chi connectivity index (χ2n) is 10.6. The first kappa shape index (κ1) is 25.5. The highest BCUT2D eigenvalue weighted by Gasteiger charge is 2.25. The molecule has 0 radical (unpaired) electrons. The molecule has 2 aliphatic heterocycles. The molecule has 0 N–H and O–H groups in total. The summed E-state index contributed by atoms with van der Waals surface area (Å²) in [6.45, 7) is 11.7. The number of nitrogens with zero attached hydrogens (tertiary/aromatic N) is 1. The van der Waals surface area contributed by atoms with E-state index in [0.717, 1.165) is 49.5 Å². The van der Waals surface area contributed by atoms with Gasteiger partial charge in [-0.15, -0.1) is 0 Å². The van der Waals surface area contributed by atoms with Crippen molar-refractivity contribution in [3.63, 3.8) is 0 Å². The molecule has 1 saturated heterocycles. The van der Waals surface area contributed by atoms with E-state index in [4.69, 9.17) is 9.47 Å². The van der Waals surface area contributed by atoms with Gasteiger partial charge in [-0.05, 0) is 104 Å². The van der Waals surface area contributed by atoms with E-state index in [2.05, 4.69) is 87.2 Å². The molecule has 0 unspecified atom stereocenters. The number of ether oxygens (including phenoxy) is 2. The summed E-state index contributed by atoms with van der Waals surface area (Å²) in [5.41, 5.74) is 11.3. The van der Waals surface area contributed by atoms with E-state index in [-0.39, 0.29) is 12.8 Å². The second-order valence-corrected chi connectivity index (χ2v) is 10.6. The minimum Gasteiger partial charge on any atom is -0.493 e. The summed E-state index contributed by atoms with van der Waals surface area (Å²) in [7, 11) is 0. The standard InChI is InChI=1S/C33H38FNO2/c1-22-6-11-29(25(4)18-22)30-13-17-36-32-20-24(3)23(2)19-31(32)33(30)26-7-9-27(10-8-26)37-28-12-16-35(21-28)15-5-14-34/h6-11,18-20,28H,5,12-17,21H2,1-4H3/t28-/m0/s1. The van der Waals surface area contributed by atoms with Crippen LogP contribution in [0.3, 0.4) is 0 Å². The zero-order valence-corrected chi connectivity index (χ0v) is 22.6. The van der Waals surface area contributed by atoms with Crippen LogP contribution < -0.4 is 9.47 Å². The van der Waals surface area contributed by atoms with Gasteiger partial charge in [-0.3, -0.25) is 9.29 Å². The van der Waals surface area contributed by atoms with Gasteiger partial charge in [0.1, 0.15) is 17.6 Å². The molecule has 4 heteroatoms. The molecule has 3 aromatic carbocycles. The third kappa shape index (κ3) is 5.60. The van der Waals surface area contributed by atoms with E-state index in [9.17, 15) is 4.39 Å². The maximum absolute atomic E-state index is 12.5. The normalized spacial score (nSPS) is 17.9. The minimum absolute atomic E-state index is 0.160. The first-order valence-corrected chi connectivity index (χ1v) is 13.5. The molecular formula is C33H38FNO2. The van der Waals surface area contributed by atoms with Crippen LogP contribution in [0, 0.1) is 27.7 Å². The fraction of sp³-hybridized carbons (Fsp3) is 0.394. The lowest BCUT2D eigenvalue weighted by molar-refractivity contribution is 0.198. The van der Waals surface area contributed by atoms with Crippen molar-refractivity contribution in [2.75, 3.05) is 32.9 Å². The van der Waals surface area contributed by atoms with Crippen LogP contribution in [0.4, 0.5) is 4.39 Å². The highest BCUT2D eigenvalue weighted by Crippen LogP contribution is 2.43. The largest absolute Gasteiger partial charge is 0.493 e. The second kappa shape index (κ2) is 11.1. The van der Waals surface area contributed by atoms with Gasteiger partial charge in [-0.25, -0.2) is 0 Å². The highest BCUT2D eigenvalue weighted by atomic mass is 19.1. The Morgan fingerprint density at radius 1 is 0.919 bits per heavy atom. The highest BCUT2D eigenvalue weighted by molar-refractivity contribution is 6.01. The summed E-state index contributed by atoms with van der Waals surface area (Å²) < 4.78 is 25.2. The van der Waals surface area contributed by atoms with Crippen LogP contribution in [-0.2, 0) is 0 Å². The summed E-state index contributed by atoms with van der Waals surface area (Å²) in [4.78, 5) is 2.30. The first-order valence-electron chi connectivity index (χ1n) is 13.5. The number of aryl methyl sites for hydroxylation is 4. The van der Waals surface area contributed by atoms with Crippen molar-refractivity contribution in [3.05, 3.63) is 93.5 Å². The monoisotopic (exact) mass is 499 g/mol.